The molecule has 0 unspecified atom stereocenters. The van der Waals surface area contributed by atoms with Gasteiger partial charge in [-0.25, -0.2) is 13.4 Å². The maximum absolute atomic E-state index is 13.2. The zero-order chi connectivity index (χ0) is 27.0. The van der Waals surface area contributed by atoms with E-state index in [0.29, 0.717) is 23.6 Å². The van der Waals surface area contributed by atoms with Crippen LogP contribution >= 0.6 is 0 Å². The number of hydrogen-bond acceptors (Lipinski definition) is 7. The fraction of sp³-hybridized carbons (Fsp3) is 0.417. The largest absolute Gasteiger partial charge is 0.416 e. The second-order valence-electron chi connectivity index (χ2n) is 8.81. The molecule has 3 heterocycles. The Morgan fingerprint density at radius 2 is 1.84 bits per heavy atom. The van der Waals surface area contributed by atoms with Gasteiger partial charge in [0.25, 0.3) is 5.56 Å². The summed E-state index contributed by atoms with van der Waals surface area (Å²) in [5.41, 5.74) is -1.85. The molecule has 0 bridgehead atoms. The van der Waals surface area contributed by atoms with Gasteiger partial charge < -0.3 is 10.2 Å². The van der Waals surface area contributed by atoms with Crippen LogP contribution in [-0.2, 0) is 20.8 Å². The molecule has 2 aromatic heterocycles. The first-order chi connectivity index (χ1) is 17.4. The van der Waals surface area contributed by atoms with Crippen LogP contribution in [0.1, 0.15) is 32.3 Å². The second kappa shape index (κ2) is 10.2. The van der Waals surface area contributed by atoms with Crippen molar-refractivity contribution in [2.24, 2.45) is 5.92 Å². The molecule has 1 saturated heterocycles. The maximum Gasteiger partial charge on any atom is 0.416 e. The molecule has 1 amide bonds. The summed E-state index contributed by atoms with van der Waals surface area (Å²) in [6.07, 6.45) is -0.966. The summed E-state index contributed by atoms with van der Waals surface area (Å²) in [5, 5.41) is 6.54. The highest BCUT2D eigenvalue weighted by Gasteiger charge is 2.31. The van der Waals surface area contributed by atoms with Crippen LogP contribution < -0.4 is 10.9 Å². The van der Waals surface area contributed by atoms with Gasteiger partial charge in [-0.3, -0.25) is 9.59 Å². The molecule has 0 atom stereocenters. The Balaban J connectivity index is 1.74. The maximum atomic E-state index is 13.2. The molecular formula is C24H26F3N5O4S. The van der Waals surface area contributed by atoms with Crippen LogP contribution in [0.25, 0.3) is 16.6 Å². The number of likely N-dealkylation sites (tertiary alicyclic amines) is 1. The predicted octanol–water partition coefficient (Wildman–Crippen LogP) is 3.26. The van der Waals surface area contributed by atoms with Crippen molar-refractivity contribution in [2.45, 2.75) is 37.8 Å². The van der Waals surface area contributed by atoms with Crippen molar-refractivity contribution in [3.05, 3.63) is 52.6 Å². The number of alkyl halides is 3. The smallest absolute Gasteiger partial charge is 0.324 e. The Hall–Kier alpha value is -3.32. The van der Waals surface area contributed by atoms with E-state index in [-0.39, 0.29) is 44.8 Å². The summed E-state index contributed by atoms with van der Waals surface area (Å²) in [5.74, 6) is -1.19. The van der Waals surface area contributed by atoms with E-state index < -0.39 is 27.1 Å². The Labute approximate surface area is 211 Å². The average Bonchev–Trinajstić information content (AvgIpc) is 2.88. The number of sulfone groups is 1. The van der Waals surface area contributed by atoms with Crippen molar-refractivity contribution in [3.8, 4) is 5.82 Å². The number of benzene rings is 1. The first-order valence-corrected chi connectivity index (χ1v) is 13.5. The minimum Gasteiger partial charge on any atom is -0.324 e. The van der Waals surface area contributed by atoms with Crippen molar-refractivity contribution >= 4 is 32.2 Å². The lowest BCUT2D eigenvalue weighted by molar-refractivity contribution is -0.137. The van der Waals surface area contributed by atoms with Crippen LogP contribution in [0.4, 0.5) is 18.9 Å². The van der Waals surface area contributed by atoms with E-state index in [0.717, 1.165) is 31.8 Å². The third-order valence-corrected chi connectivity index (χ3v) is 8.27. The van der Waals surface area contributed by atoms with Gasteiger partial charge in [-0.2, -0.15) is 23.0 Å². The summed E-state index contributed by atoms with van der Waals surface area (Å²) in [7, 11) is -3.97. The third-order valence-electron chi connectivity index (χ3n) is 6.54. The highest BCUT2D eigenvalue weighted by Crippen LogP contribution is 2.31. The molecule has 1 aliphatic rings. The fourth-order valence-corrected chi connectivity index (χ4v) is 5.31. The SMILES string of the molecule is CCN1CCC(C(=O)Nc2cnc(-n3ncc4ccc(C(F)(F)F)cc4c3=O)c(S(=O)(=O)CC)c2)CC1. The van der Waals surface area contributed by atoms with Crippen molar-refractivity contribution in [1.29, 1.82) is 0 Å². The van der Waals surface area contributed by atoms with Crippen LogP contribution in [0.3, 0.4) is 0 Å². The number of hydrogen-bond donors (Lipinski definition) is 1. The Kier molecular flexibility index (Phi) is 7.38. The van der Waals surface area contributed by atoms with E-state index in [4.69, 9.17) is 0 Å². The first kappa shape index (κ1) is 26.7. The zero-order valence-electron chi connectivity index (χ0n) is 20.2. The number of pyridine rings is 1. The number of nitrogens with one attached hydrogen (secondary N) is 1. The molecule has 1 aliphatic heterocycles. The second-order valence-corrected chi connectivity index (χ2v) is 11.1. The fourth-order valence-electron chi connectivity index (χ4n) is 4.27. The Morgan fingerprint density at radius 1 is 1.14 bits per heavy atom. The molecule has 0 spiro atoms. The van der Waals surface area contributed by atoms with Gasteiger partial charge in [0, 0.05) is 11.3 Å². The van der Waals surface area contributed by atoms with Crippen molar-refractivity contribution in [2.75, 3.05) is 30.7 Å². The number of nitrogens with zero attached hydrogens (tertiary/aromatic N) is 4. The summed E-state index contributed by atoms with van der Waals surface area (Å²) >= 11 is 0. The molecule has 4 rings (SSSR count). The van der Waals surface area contributed by atoms with Crippen molar-refractivity contribution < 1.29 is 26.4 Å². The molecule has 13 heteroatoms. The number of fused-ring (bicyclic) bond motifs is 1. The number of carbonyl (C=O) groups is 1. The lowest BCUT2D eigenvalue weighted by atomic mass is 9.96. The summed E-state index contributed by atoms with van der Waals surface area (Å²) < 4.78 is 66.1. The molecule has 0 aliphatic carbocycles. The van der Waals surface area contributed by atoms with Gasteiger partial charge >= 0.3 is 6.18 Å². The quantitative estimate of drug-likeness (QED) is 0.513. The molecule has 198 valence electrons. The van der Waals surface area contributed by atoms with Gasteiger partial charge in [0.15, 0.2) is 15.7 Å². The highest BCUT2D eigenvalue weighted by molar-refractivity contribution is 7.91. The number of amides is 1. The normalized spacial score (nSPS) is 15.7. The number of anilines is 1. The van der Waals surface area contributed by atoms with Crippen LogP contribution in [0.2, 0.25) is 0 Å². The van der Waals surface area contributed by atoms with Gasteiger partial charge in [-0.05, 0) is 50.7 Å². The molecule has 3 aromatic rings. The van der Waals surface area contributed by atoms with E-state index >= 15 is 0 Å². The third kappa shape index (κ3) is 5.52. The lowest BCUT2D eigenvalue weighted by Gasteiger charge is -2.30. The molecule has 0 radical (unpaired) electrons. The summed E-state index contributed by atoms with van der Waals surface area (Å²) in [6.45, 7) is 5.92. The van der Waals surface area contributed by atoms with E-state index in [9.17, 15) is 31.2 Å². The number of piperidine rings is 1. The Bertz CT molecular complexity index is 1500. The van der Waals surface area contributed by atoms with Crippen LogP contribution in [-0.4, -0.2) is 59.4 Å². The predicted molar refractivity (Wildman–Crippen MR) is 131 cm³/mol. The van der Waals surface area contributed by atoms with Gasteiger partial charge in [-0.1, -0.05) is 19.9 Å². The van der Waals surface area contributed by atoms with E-state index in [1.54, 1.807) is 0 Å². The van der Waals surface area contributed by atoms with Gasteiger partial charge in [0.1, 0.15) is 4.90 Å². The zero-order valence-corrected chi connectivity index (χ0v) is 21.1. The topological polar surface area (TPSA) is 114 Å². The van der Waals surface area contributed by atoms with Gasteiger partial charge in [-0.15, -0.1) is 0 Å². The first-order valence-electron chi connectivity index (χ1n) is 11.8. The molecule has 1 N–H and O–H groups in total. The molecule has 9 nitrogen and oxygen atoms in total. The minimum atomic E-state index is -4.67. The van der Waals surface area contributed by atoms with E-state index in [1.807, 2.05) is 6.92 Å². The number of rotatable bonds is 6. The van der Waals surface area contributed by atoms with E-state index in [1.165, 1.54) is 25.4 Å². The highest BCUT2D eigenvalue weighted by atomic mass is 32.2. The number of halogens is 3. The minimum absolute atomic E-state index is 0.131. The Morgan fingerprint density at radius 3 is 2.46 bits per heavy atom. The average molecular weight is 538 g/mol. The summed E-state index contributed by atoms with van der Waals surface area (Å²) in [4.78, 5) is 31.9. The molecular weight excluding hydrogens is 511 g/mol. The standard InChI is InChI=1S/C24H26F3N5O4S/c1-3-31-9-7-15(8-10-31)22(33)30-18-12-20(37(35,36)4-2)21(28-14-18)32-23(34)19-11-17(24(25,26)27)6-5-16(19)13-29-32/h5-6,11-15H,3-4,7-10H2,1-2H3,(H,30,33). The lowest BCUT2D eigenvalue weighted by Crippen LogP contribution is -2.38. The summed E-state index contributed by atoms with van der Waals surface area (Å²) in [6, 6.07) is 3.85. The van der Waals surface area contributed by atoms with E-state index in [2.05, 4.69) is 20.3 Å². The van der Waals surface area contributed by atoms with Crippen LogP contribution in [0, 0.1) is 5.92 Å². The number of aromatic nitrogens is 3. The van der Waals surface area contributed by atoms with Gasteiger partial charge in [0.2, 0.25) is 5.91 Å². The molecule has 37 heavy (non-hydrogen) atoms. The molecule has 1 aromatic carbocycles. The van der Waals surface area contributed by atoms with Crippen LogP contribution in [0.15, 0.2) is 46.3 Å². The number of carbonyl (C=O) groups excluding carboxylic acids is 1. The van der Waals surface area contributed by atoms with Gasteiger partial charge in [0.05, 0.1) is 34.8 Å². The van der Waals surface area contributed by atoms with Crippen LogP contribution in [0.5, 0.6) is 0 Å². The molecule has 1 fully saturated rings. The van der Waals surface area contributed by atoms with Crippen molar-refractivity contribution in [3.63, 3.8) is 0 Å². The monoisotopic (exact) mass is 537 g/mol. The molecule has 0 saturated carbocycles. The van der Waals surface area contributed by atoms with Crippen molar-refractivity contribution in [1.82, 2.24) is 19.7 Å².